The Balaban J connectivity index is 2.02. The molecule has 2 heterocycles. The van der Waals surface area contributed by atoms with Crippen molar-refractivity contribution in [2.24, 2.45) is 0 Å². The molecule has 0 atom stereocenters. The summed E-state index contributed by atoms with van der Waals surface area (Å²) in [5.41, 5.74) is 1.42. The Bertz CT molecular complexity index is 814. The second kappa shape index (κ2) is 5.21. The molecule has 0 amide bonds. The van der Waals surface area contributed by atoms with E-state index in [9.17, 15) is 4.39 Å². The summed E-state index contributed by atoms with van der Waals surface area (Å²) in [6.07, 6.45) is 1.72. The van der Waals surface area contributed by atoms with Crippen LogP contribution in [0.4, 0.5) is 4.39 Å². The smallest absolute Gasteiger partial charge is 0.209 e. The summed E-state index contributed by atoms with van der Waals surface area (Å²) in [4.78, 5) is 1.53. The van der Waals surface area contributed by atoms with Gasteiger partial charge in [-0.1, -0.05) is 12.2 Å². The Morgan fingerprint density at radius 1 is 1.24 bits per heavy atom. The van der Waals surface area contributed by atoms with E-state index < -0.39 is 0 Å². The molecule has 0 aliphatic carbocycles. The van der Waals surface area contributed by atoms with Crippen molar-refractivity contribution in [2.45, 2.75) is 19.9 Å². The minimum atomic E-state index is -0.293. The molecule has 0 fully saturated rings. The zero-order valence-corrected chi connectivity index (χ0v) is 12.3. The Kier molecular flexibility index (Phi) is 3.38. The second-order valence-corrected chi connectivity index (χ2v) is 5.22. The zero-order valence-electron chi connectivity index (χ0n) is 11.5. The molecule has 0 aliphatic rings. The van der Waals surface area contributed by atoms with Crippen molar-refractivity contribution in [3.05, 3.63) is 40.9 Å². The molecule has 0 unspecified atom stereocenters. The normalized spacial score (nSPS) is 11.2. The first-order chi connectivity index (χ1) is 10.1. The van der Waals surface area contributed by atoms with E-state index in [1.165, 1.54) is 16.9 Å². The van der Waals surface area contributed by atoms with Gasteiger partial charge in [-0.05, 0) is 43.3 Å². The standard InChI is InChI=1S/C13H13FN6S/c1-8(2)20-17-12(16-18-20)11-7-15-19(13(11)21)10-5-3-9(14)4-6-10/h3-8,15H,1-2H3. The van der Waals surface area contributed by atoms with Crippen molar-refractivity contribution in [3.63, 3.8) is 0 Å². The summed E-state index contributed by atoms with van der Waals surface area (Å²) in [5.74, 6) is 0.171. The lowest BCUT2D eigenvalue weighted by Gasteiger charge is -2.01. The maximum absolute atomic E-state index is 13.0. The van der Waals surface area contributed by atoms with Crippen LogP contribution in [0.5, 0.6) is 0 Å². The third-order valence-electron chi connectivity index (χ3n) is 2.99. The van der Waals surface area contributed by atoms with Crippen molar-refractivity contribution >= 4 is 12.2 Å². The molecule has 108 valence electrons. The van der Waals surface area contributed by atoms with Crippen LogP contribution in [0.15, 0.2) is 30.5 Å². The average Bonchev–Trinajstić information content (AvgIpc) is 3.06. The van der Waals surface area contributed by atoms with Gasteiger partial charge in [0.15, 0.2) is 0 Å². The van der Waals surface area contributed by atoms with Gasteiger partial charge < -0.3 is 0 Å². The lowest BCUT2D eigenvalue weighted by molar-refractivity contribution is 0.455. The molecule has 0 saturated carbocycles. The summed E-state index contributed by atoms with van der Waals surface area (Å²) in [6, 6.07) is 6.17. The molecule has 0 aliphatic heterocycles. The molecule has 6 nitrogen and oxygen atoms in total. The van der Waals surface area contributed by atoms with E-state index in [1.54, 1.807) is 23.0 Å². The van der Waals surface area contributed by atoms with Crippen LogP contribution < -0.4 is 0 Å². The van der Waals surface area contributed by atoms with Crippen molar-refractivity contribution < 1.29 is 4.39 Å². The van der Waals surface area contributed by atoms with E-state index in [0.29, 0.717) is 16.0 Å². The molecule has 0 spiro atoms. The third kappa shape index (κ3) is 2.49. The van der Waals surface area contributed by atoms with Crippen molar-refractivity contribution in [1.82, 2.24) is 30.0 Å². The van der Waals surface area contributed by atoms with Crippen LogP contribution in [0.1, 0.15) is 19.9 Å². The van der Waals surface area contributed by atoms with Gasteiger partial charge in [-0.3, -0.25) is 5.10 Å². The van der Waals surface area contributed by atoms with E-state index >= 15 is 0 Å². The fourth-order valence-electron chi connectivity index (χ4n) is 1.86. The first kappa shape index (κ1) is 13.6. The van der Waals surface area contributed by atoms with Crippen LogP contribution in [0.2, 0.25) is 0 Å². The quantitative estimate of drug-likeness (QED) is 0.756. The molecule has 8 heteroatoms. The van der Waals surface area contributed by atoms with Gasteiger partial charge in [0.05, 0.1) is 17.3 Å². The highest BCUT2D eigenvalue weighted by molar-refractivity contribution is 7.71. The SMILES string of the molecule is CC(C)n1nnc(-c2c[nH]n(-c3ccc(F)cc3)c2=S)n1. The van der Waals surface area contributed by atoms with Gasteiger partial charge in [0.2, 0.25) is 5.82 Å². The molecule has 0 bridgehead atoms. The molecule has 3 rings (SSSR count). The number of hydrogen-bond donors (Lipinski definition) is 1. The molecule has 0 radical (unpaired) electrons. The van der Waals surface area contributed by atoms with Gasteiger partial charge in [-0.15, -0.1) is 10.2 Å². The van der Waals surface area contributed by atoms with Gasteiger partial charge in [-0.2, -0.15) is 4.80 Å². The van der Waals surface area contributed by atoms with Crippen LogP contribution in [-0.4, -0.2) is 30.0 Å². The van der Waals surface area contributed by atoms with Gasteiger partial charge in [-0.25, -0.2) is 9.07 Å². The number of rotatable bonds is 3. The van der Waals surface area contributed by atoms with Crippen molar-refractivity contribution in [1.29, 1.82) is 0 Å². The molecule has 1 aromatic carbocycles. The number of tetrazole rings is 1. The van der Waals surface area contributed by atoms with Gasteiger partial charge in [0, 0.05) is 6.20 Å². The highest BCUT2D eigenvalue weighted by Gasteiger charge is 2.13. The number of nitrogens with zero attached hydrogens (tertiary/aromatic N) is 5. The maximum atomic E-state index is 13.0. The van der Waals surface area contributed by atoms with E-state index in [2.05, 4.69) is 20.5 Å². The van der Waals surface area contributed by atoms with Crippen LogP contribution in [0.3, 0.4) is 0 Å². The zero-order chi connectivity index (χ0) is 15.0. The largest absolute Gasteiger partial charge is 0.299 e. The molecule has 3 aromatic rings. The maximum Gasteiger partial charge on any atom is 0.209 e. The summed E-state index contributed by atoms with van der Waals surface area (Å²) < 4.78 is 15.2. The van der Waals surface area contributed by atoms with Crippen molar-refractivity contribution in [2.75, 3.05) is 0 Å². The highest BCUT2D eigenvalue weighted by Crippen LogP contribution is 2.19. The first-order valence-electron chi connectivity index (χ1n) is 6.42. The lowest BCUT2D eigenvalue weighted by Crippen LogP contribution is -2.04. The Hall–Kier alpha value is -2.35. The van der Waals surface area contributed by atoms with Crippen LogP contribution in [-0.2, 0) is 0 Å². The van der Waals surface area contributed by atoms with Crippen LogP contribution in [0.25, 0.3) is 17.1 Å². The lowest BCUT2D eigenvalue weighted by atomic mass is 10.3. The fraction of sp³-hybridized carbons (Fsp3) is 0.231. The number of nitrogens with one attached hydrogen (secondary N) is 1. The summed E-state index contributed by atoms with van der Waals surface area (Å²) in [6.45, 7) is 3.94. The van der Waals surface area contributed by atoms with Crippen LogP contribution >= 0.6 is 12.2 Å². The van der Waals surface area contributed by atoms with Gasteiger partial charge in [0.1, 0.15) is 10.5 Å². The molecule has 1 N–H and O–H groups in total. The minimum Gasteiger partial charge on any atom is -0.299 e. The average molecular weight is 304 g/mol. The van der Waals surface area contributed by atoms with Crippen LogP contribution in [0, 0.1) is 10.5 Å². The van der Waals surface area contributed by atoms with Crippen molar-refractivity contribution in [3.8, 4) is 17.1 Å². The monoisotopic (exact) mass is 304 g/mol. The predicted octanol–water partition coefficient (Wildman–Crippen LogP) is 2.91. The summed E-state index contributed by atoms with van der Waals surface area (Å²) in [7, 11) is 0. The molecule has 21 heavy (non-hydrogen) atoms. The topological polar surface area (TPSA) is 64.3 Å². The van der Waals surface area contributed by atoms with E-state index in [1.807, 2.05) is 13.8 Å². The first-order valence-corrected chi connectivity index (χ1v) is 6.83. The summed E-state index contributed by atoms with van der Waals surface area (Å²) in [5, 5.41) is 15.3. The van der Waals surface area contributed by atoms with E-state index in [0.717, 1.165) is 5.69 Å². The predicted molar refractivity (Wildman–Crippen MR) is 78.1 cm³/mol. The summed E-state index contributed by atoms with van der Waals surface area (Å²) >= 11 is 5.42. The van der Waals surface area contributed by atoms with Gasteiger partial charge in [0.25, 0.3) is 0 Å². The Morgan fingerprint density at radius 3 is 2.57 bits per heavy atom. The third-order valence-corrected chi connectivity index (χ3v) is 3.39. The van der Waals surface area contributed by atoms with E-state index in [4.69, 9.17) is 12.2 Å². The number of halogens is 1. The number of H-pyrrole nitrogens is 1. The second-order valence-electron chi connectivity index (χ2n) is 4.83. The fourth-order valence-corrected chi connectivity index (χ4v) is 2.17. The minimum absolute atomic E-state index is 0.128. The Morgan fingerprint density at radius 2 is 1.95 bits per heavy atom. The Labute approximate surface area is 125 Å². The highest BCUT2D eigenvalue weighted by atomic mass is 32.1. The molecule has 2 aromatic heterocycles. The molecule has 0 saturated heterocycles. The number of hydrogen-bond acceptors (Lipinski definition) is 4. The molecular formula is C13H13FN6S. The van der Waals surface area contributed by atoms with Gasteiger partial charge >= 0.3 is 0 Å². The number of aromatic amines is 1. The van der Waals surface area contributed by atoms with E-state index in [-0.39, 0.29) is 11.9 Å². The number of benzene rings is 1. The molecular weight excluding hydrogens is 291 g/mol. The number of aromatic nitrogens is 6.